The Balaban J connectivity index is 1.31. The molecule has 0 saturated carbocycles. The summed E-state index contributed by atoms with van der Waals surface area (Å²) in [6.07, 6.45) is 6.41. The first-order chi connectivity index (χ1) is 16.2. The lowest BCUT2D eigenvalue weighted by molar-refractivity contribution is 0.174. The fraction of sp³-hybridized carbons (Fsp3) is 0.423. The third-order valence-corrected chi connectivity index (χ3v) is 6.58. The number of ether oxygens (including phenoxy) is 2. The lowest BCUT2D eigenvalue weighted by Crippen LogP contribution is -2.30. The second-order valence-corrected chi connectivity index (χ2v) is 9.22. The highest BCUT2D eigenvalue weighted by Gasteiger charge is 2.18. The Hall–Kier alpha value is -2.70. The summed E-state index contributed by atoms with van der Waals surface area (Å²) < 4.78 is 16.9. The maximum absolute atomic E-state index is 6.18. The van der Waals surface area contributed by atoms with E-state index in [-0.39, 0.29) is 6.79 Å². The van der Waals surface area contributed by atoms with Crippen LogP contribution in [0.2, 0.25) is 5.02 Å². The standard InChI is InChI=1S/C26H30ClN3O3/c27-22-8-5-7-21(16-22)23-17-26(33-28-23)30(14-6-13-29-11-3-1-2-4-12-29)18-20-9-10-24-25(15-20)32-19-31-24/h5,7-10,15-17H,1-4,6,11-14,18-19H2. The number of likely N-dealkylation sites (tertiary alicyclic amines) is 1. The first kappa shape index (κ1) is 22.1. The van der Waals surface area contributed by atoms with Crippen molar-refractivity contribution in [1.82, 2.24) is 10.1 Å². The minimum absolute atomic E-state index is 0.281. The van der Waals surface area contributed by atoms with E-state index in [9.17, 15) is 0 Å². The van der Waals surface area contributed by atoms with E-state index in [0.717, 1.165) is 53.7 Å². The summed E-state index contributed by atoms with van der Waals surface area (Å²) in [5, 5.41) is 5.01. The SMILES string of the molecule is Clc1cccc(-c2cc(N(CCCN3CCCCCC3)Cc3ccc4c(c3)OCO4)on2)c1. The number of aromatic nitrogens is 1. The first-order valence-electron chi connectivity index (χ1n) is 11.8. The molecule has 2 aromatic carbocycles. The van der Waals surface area contributed by atoms with Crippen LogP contribution in [-0.2, 0) is 6.54 Å². The average Bonchev–Trinajstić information content (AvgIpc) is 3.43. The number of hydrogen-bond donors (Lipinski definition) is 0. The van der Waals surface area contributed by atoms with Crippen LogP contribution in [0.15, 0.2) is 53.1 Å². The Labute approximate surface area is 200 Å². The molecule has 7 heteroatoms. The largest absolute Gasteiger partial charge is 0.454 e. The van der Waals surface area contributed by atoms with Crippen LogP contribution in [0, 0.1) is 0 Å². The summed E-state index contributed by atoms with van der Waals surface area (Å²) in [6, 6.07) is 15.8. The van der Waals surface area contributed by atoms with E-state index >= 15 is 0 Å². The quantitative estimate of drug-likeness (QED) is 0.405. The third-order valence-electron chi connectivity index (χ3n) is 6.34. The molecule has 3 heterocycles. The topological polar surface area (TPSA) is 51.0 Å². The highest BCUT2D eigenvalue weighted by Crippen LogP contribution is 2.34. The molecule has 0 amide bonds. The van der Waals surface area contributed by atoms with Gasteiger partial charge >= 0.3 is 0 Å². The Morgan fingerprint density at radius 1 is 0.939 bits per heavy atom. The summed E-state index contributed by atoms with van der Waals surface area (Å²) in [5.41, 5.74) is 2.88. The number of fused-ring (bicyclic) bond motifs is 1. The molecule has 0 atom stereocenters. The number of halogens is 1. The zero-order valence-corrected chi connectivity index (χ0v) is 19.6. The number of rotatable bonds is 8. The lowest BCUT2D eigenvalue weighted by atomic mass is 10.1. The van der Waals surface area contributed by atoms with Gasteiger partial charge < -0.3 is 23.8 Å². The molecule has 174 valence electrons. The first-order valence-corrected chi connectivity index (χ1v) is 12.2. The summed E-state index contributed by atoms with van der Waals surface area (Å²) in [5.74, 6) is 2.36. The van der Waals surface area contributed by atoms with E-state index in [1.54, 1.807) is 0 Å². The van der Waals surface area contributed by atoms with Crippen molar-refractivity contribution in [2.75, 3.05) is 37.9 Å². The van der Waals surface area contributed by atoms with E-state index in [0.29, 0.717) is 11.6 Å². The highest BCUT2D eigenvalue weighted by molar-refractivity contribution is 6.30. The van der Waals surface area contributed by atoms with Gasteiger partial charge in [-0.25, -0.2) is 0 Å². The van der Waals surface area contributed by atoms with Crippen molar-refractivity contribution >= 4 is 17.5 Å². The second-order valence-electron chi connectivity index (χ2n) is 8.78. The molecular weight excluding hydrogens is 438 g/mol. The molecule has 0 radical (unpaired) electrons. The highest BCUT2D eigenvalue weighted by atomic mass is 35.5. The van der Waals surface area contributed by atoms with E-state index in [4.69, 9.17) is 25.6 Å². The third kappa shape index (κ3) is 5.63. The van der Waals surface area contributed by atoms with Crippen molar-refractivity contribution in [3.05, 3.63) is 59.1 Å². The number of hydrogen-bond acceptors (Lipinski definition) is 6. The van der Waals surface area contributed by atoms with Gasteiger partial charge in [0.2, 0.25) is 12.7 Å². The molecule has 2 aliphatic rings. The number of nitrogens with zero attached hydrogens (tertiary/aromatic N) is 3. The van der Waals surface area contributed by atoms with Crippen molar-refractivity contribution < 1.29 is 14.0 Å². The molecule has 33 heavy (non-hydrogen) atoms. The maximum atomic E-state index is 6.18. The van der Waals surface area contributed by atoms with Gasteiger partial charge in [0.15, 0.2) is 11.5 Å². The molecule has 0 aliphatic carbocycles. The van der Waals surface area contributed by atoms with Gasteiger partial charge in [0.25, 0.3) is 0 Å². The number of benzene rings is 2. The van der Waals surface area contributed by atoms with Crippen LogP contribution in [0.5, 0.6) is 11.5 Å². The van der Waals surface area contributed by atoms with Gasteiger partial charge in [-0.2, -0.15) is 0 Å². The average molecular weight is 468 g/mol. The Morgan fingerprint density at radius 3 is 2.64 bits per heavy atom. The molecule has 1 fully saturated rings. The molecule has 1 saturated heterocycles. The van der Waals surface area contributed by atoms with Gasteiger partial charge in [0.1, 0.15) is 5.69 Å². The van der Waals surface area contributed by atoms with E-state index in [1.807, 2.05) is 36.4 Å². The zero-order valence-electron chi connectivity index (χ0n) is 18.8. The lowest BCUT2D eigenvalue weighted by Gasteiger charge is -2.24. The molecule has 5 rings (SSSR count). The van der Waals surface area contributed by atoms with Crippen molar-refractivity contribution in [1.29, 1.82) is 0 Å². The number of anilines is 1. The van der Waals surface area contributed by atoms with Gasteiger partial charge in [-0.05, 0) is 68.7 Å². The van der Waals surface area contributed by atoms with Gasteiger partial charge in [0, 0.05) is 29.7 Å². The molecule has 1 aromatic heterocycles. The Kier molecular flexibility index (Phi) is 7.03. The maximum Gasteiger partial charge on any atom is 0.231 e. The fourth-order valence-corrected chi connectivity index (χ4v) is 4.76. The van der Waals surface area contributed by atoms with E-state index in [2.05, 4.69) is 27.1 Å². The second kappa shape index (κ2) is 10.5. The van der Waals surface area contributed by atoms with Crippen LogP contribution in [-0.4, -0.2) is 43.0 Å². The van der Waals surface area contributed by atoms with Crippen molar-refractivity contribution in [2.24, 2.45) is 0 Å². The van der Waals surface area contributed by atoms with E-state index < -0.39 is 0 Å². The van der Waals surface area contributed by atoms with Crippen LogP contribution in [0.4, 0.5) is 5.88 Å². The van der Waals surface area contributed by atoms with Crippen LogP contribution in [0.25, 0.3) is 11.3 Å². The van der Waals surface area contributed by atoms with Crippen LogP contribution < -0.4 is 14.4 Å². The summed E-state index contributed by atoms with van der Waals surface area (Å²) >= 11 is 6.18. The van der Waals surface area contributed by atoms with Crippen LogP contribution in [0.3, 0.4) is 0 Å². The zero-order chi connectivity index (χ0) is 22.5. The van der Waals surface area contributed by atoms with Crippen molar-refractivity contribution in [2.45, 2.75) is 38.6 Å². The molecule has 0 bridgehead atoms. The Morgan fingerprint density at radius 2 is 1.79 bits per heavy atom. The molecule has 2 aliphatic heterocycles. The van der Waals surface area contributed by atoms with Gasteiger partial charge in [0.05, 0.1) is 0 Å². The van der Waals surface area contributed by atoms with Crippen LogP contribution in [0.1, 0.15) is 37.7 Å². The molecule has 0 unspecified atom stereocenters. The predicted octanol–water partition coefficient (Wildman–Crippen LogP) is 6.00. The molecule has 6 nitrogen and oxygen atoms in total. The van der Waals surface area contributed by atoms with Gasteiger partial charge in [-0.3, -0.25) is 0 Å². The van der Waals surface area contributed by atoms with Crippen molar-refractivity contribution in [3.8, 4) is 22.8 Å². The summed E-state index contributed by atoms with van der Waals surface area (Å²) in [4.78, 5) is 4.86. The predicted molar refractivity (Wildman–Crippen MR) is 130 cm³/mol. The summed E-state index contributed by atoms with van der Waals surface area (Å²) in [7, 11) is 0. The van der Waals surface area contributed by atoms with Crippen LogP contribution >= 0.6 is 11.6 Å². The van der Waals surface area contributed by atoms with Gasteiger partial charge in [-0.15, -0.1) is 0 Å². The molecular formula is C26H30ClN3O3. The monoisotopic (exact) mass is 467 g/mol. The molecule has 0 spiro atoms. The summed E-state index contributed by atoms with van der Waals surface area (Å²) in [6.45, 7) is 5.40. The smallest absolute Gasteiger partial charge is 0.231 e. The van der Waals surface area contributed by atoms with Crippen molar-refractivity contribution in [3.63, 3.8) is 0 Å². The van der Waals surface area contributed by atoms with Gasteiger partial charge in [-0.1, -0.05) is 47.8 Å². The Bertz CT molecular complexity index is 1060. The normalized spacial score (nSPS) is 16.0. The fourth-order valence-electron chi connectivity index (χ4n) is 4.57. The molecule has 0 N–H and O–H groups in total. The minimum atomic E-state index is 0.281. The van der Waals surface area contributed by atoms with E-state index in [1.165, 1.54) is 38.8 Å². The molecule has 3 aromatic rings. The minimum Gasteiger partial charge on any atom is -0.454 e.